The molecule has 0 spiro atoms. The number of aromatic nitrogens is 1. The second-order valence-electron chi connectivity index (χ2n) is 5.58. The maximum absolute atomic E-state index is 11.0. The van der Waals surface area contributed by atoms with E-state index < -0.39 is 5.97 Å². The highest BCUT2D eigenvalue weighted by atomic mass is 32.1. The predicted molar refractivity (Wildman–Crippen MR) is 64.0 cm³/mol. The highest BCUT2D eigenvalue weighted by Crippen LogP contribution is 2.38. The molecule has 0 amide bonds. The monoisotopic (exact) mass is 239 g/mol. The second-order valence-corrected chi connectivity index (χ2v) is 6.75. The number of nitrogens with zero attached hydrogens (tertiary/aromatic N) is 1. The maximum Gasteiger partial charge on any atom is 0.312 e. The van der Waals surface area contributed by atoms with Gasteiger partial charge in [0.1, 0.15) is 5.92 Å². The largest absolute Gasteiger partial charge is 0.481 e. The lowest BCUT2D eigenvalue weighted by Gasteiger charge is -2.15. The average Bonchev–Trinajstić information content (AvgIpc) is 2.57. The second kappa shape index (κ2) is 3.84. The molecule has 88 valence electrons. The Morgan fingerprint density at radius 1 is 1.56 bits per heavy atom. The van der Waals surface area contributed by atoms with Crippen molar-refractivity contribution >= 4 is 17.3 Å². The summed E-state index contributed by atoms with van der Waals surface area (Å²) in [6, 6.07) is 0. The van der Waals surface area contributed by atoms with Crippen molar-refractivity contribution in [1.82, 2.24) is 4.98 Å². The number of hydrogen-bond acceptors (Lipinski definition) is 3. The molecule has 0 aromatic carbocycles. The number of fused-ring (bicyclic) bond motifs is 1. The van der Waals surface area contributed by atoms with Crippen LogP contribution in [-0.4, -0.2) is 16.1 Å². The number of thiazole rings is 1. The Kier molecular flexibility index (Phi) is 2.78. The van der Waals surface area contributed by atoms with Gasteiger partial charge in [0.05, 0.1) is 10.7 Å². The third-order valence-electron chi connectivity index (χ3n) is 2.74. The van der Waals surface area contributed by atoms with E-state index in [9.17, 15) is 4.79 Å². The van der Waals surface area contributed by atoms with Crippen LogP contribution in [0.25, 0.3) is 0 Å². The van der Waals surface area contributed by atoms with E-state index >= 15 is 0 Å². The van der Waals surface area contributed by atoms with Crippen LogP contribution >= 0.6 is 11.3 Å². The fourth-order valence-electron chi connectivity index (χ4n) is 2.05. The lowest BCUT2D eigenvalue weighted by Crippen LogP contribution is -2.11. The molecule has 1 aromatic heterocycles. The third-order valence-corrected chi connectivity index (χ3v) is 3.87. The number of carboxylic acids is 1. The minimum absolute atomic E-state index is 0.213. The van der Waals surface area contributed by atoms with Gasteiger partial charge in [0.2, 0.25) is 0 Å². The van der Waals surface area contributed by atoms with Crippen LogP contribution in [0.2, 0.25) is 0 Å². The summed E-state index contributed by atoms with van der Waals surface area (Å²) in [4.78, 5) is 16.7. The van der Waals surface area contributed by atoms with Crippen molar-refractivity contribution in [2.75, 3.05) is 0 Å². The van der Waals surface area contributed by atoms with Crippen molar-refractivity contribution in [1.29, 1.82) is 0 Å². The van der Waals surface area contributed by atoms with E-state index in [1.165, 1.54) is 4.88 Å². The van der Waals surface area contributed by atoms with Gasteiger partial charge in [-0.15, -0.1) is 11.3 Å². The summed E-state index contributed by atoms with van der Waals surface area (Å²) in [6.07, 6.45) is 2.53. The predicted octanol–water partition coefficient (Wildman–Crippen LogP) is 2.85. The highest BCUT2D eigenvalue weighted by Gasteiger charge is 2.32. The van der Waals surface area contributed by atoms with Crippen LogP contribution in [0, 0.1) is 5.41 Å². The molecule has 0 aliphatic heterocycles. The molecular weight excluding hydrogens is 222 g/mol. The summed E-state index contributed by atoms with van der Waals surface area (Å²) in [5.74, 6) is -1.09. The lowest BCUT2D eigenvalue weighted by molar-refractivity contribution is -0.138. The maximum atomic E-state index is 11.0. The SMILES string of the molecule is CC(C)(C)Cc1nc2c(s1)CCC2C(=O)O. The van der Waals surface area contributed by atoms with E-state index in [0.717, 1.165) is 30.0 Å². The van der Waals surface area contributed by atoms with E-state index in [1.807, 2.05) is 0 Å². The minimum Gasteiger partial charge on any atom is -0.481 e. The Morgan fingerprint density at radius 3 is 2.81 bits per heavy atom. The van der Waals surface area contributed by atoms with E-state index in [2.05, 4.69) is 25.8 Å². The first-order chi connectivity index (χ1) is 7.37. The molecule has 1 aliphatic carbocycles. The molecule has 0 fully saturated rings. The zero-order chi connectivity index (χ0) is 11.9. The highest BCUT2D eigenvalue weighted by molar-refractivity contribution is 7.11. The first-order valence-corrected chi connectivity index (χ1v) is 6.40. The number of carboxylic acid groups (broad SMARTS) is 1. The van der Waals surface area contributed by atoms with E-state index in [-0.39, 0.29) is 11.3 Å². The molecule has 1 aromatic rings. The molecule has 1 unspecified atom stereocenters. The molecule has 1 atom stereocenters. The Balaban J connectivity index is 2.23. The van der Waals surface area contributed by atoms with E-state index in [4.69, 9.17) is 5.11 Å². The van der Waals surface area contributed by atoms with Gasteiger partial charge >= 0.3 is 5.97 Å². The van der Waals surface area contributed by atoms with Crippen molar-refractivity contribution in [3.63, 3.8) is 0 Å². The van der Waals surface area contributed by atoms with Crippen molar-refractivity contribution in [2.45, 2.75) is 46.0 Å². The molecule has 16 heavy (non-hydrogen) atoms. The molecule has 0 saturated heterocycles. The molecule has 1 aliphatic rings. The van der Waals surface area contributed by atoms with Gasteiger partial charge in [0.15, 0.2) is 0 Å². The quantitative estimate of drug-likeness (QED) is 0.863. The molecule has 0 saturated carbocycles. The molecule has 0 radical (unpaired) electrons. The molecule has 0 bridgehead atoms. The van der Waals surface area contributed by atoms with E-state index in [0.29, 0.717) is 0 Å². The molecule has 2 rings (SSSR count). The molecule has 3 nitrogen and oxygen atoms in total. The third kappa shape index (κ3) is 2.26. The van der Waals surface area contributed by atoms with Gasteiger partial charge in [-0.3, -0.25) is 4.79 Å². The number of carbonyl (C=O) groups is 1. The van der Waals surface area contributed by atoms with Gasteiger partial charge in [-0.05, 0) is 18.3 Å². The molecule has 1 N–H and O–H groups in total. The summed E-state index contributed by atoms with van der Waals surface area (Å²) in [6.45, 7) is 6.52. The summed E-state index contributed by atoms with van der Waals surface area (Å²) < 4.78 is 0. The van der Waals surface area contributed by atoms with Crippen molar-refractivity contribution in [2.24, 2.45) is 5.41 Å². The number of hydrogen-bond donors (Lipinski definition) is 1. The summed E-state index contributed by atoms with van der Waals surface area (Å²) in [5, 5.41) is 10.2. The Labute approximate surface area is 99.5 Å². The fourth-order valence-corrected chi connectivity index (χ4v) is 3.49. The van der Waals surface area contributed by atoms with Crippen LogP contribution in [0.3, 0.4) is 0 Å². The van der Waals surface area contributed by atoms with Crippen LogP contribution in [0.4, 0.5) is 0 Å². The van der Waals surface area contributed by atoms with E-state index in [1.54, 1.807) is 11.3 Å². The Bertz CT molecular complexity index is 417. The van der Waals surface area contributed by atoms with Crippen LogP contribution in [0.15, 0.2) is 0 Å². The summed E-state index contributed by atoms with van der Waals surface area (Å²) in [5.41, 5.74) is 1.04. The standard InChI is InChI=1S/C12H17NO2S/c1-12(2,3)6-9-13-10-7(11(14)15)4-5-8(10)16-9/h7H,4-6H2,1-3H3,(H,14,15). The fraction of sp³-hybridized carbons (Fsp3) is 0.667. The first kappa shape index (κ1) is 11.6. The summed E-state index contributed by atoms with van der Waals surface area (Å²) >= 11 is 1.70. The van der Waals surface area contributed by atoms with Gasteiger partial charge in [0, 0.05) is 11.3 Å². The lowest BCUT2D eigenvalue weighted by atomic mass is 9.93. The van der Waals surface area contributed by atoms with Crippen molar-refractivity contribution in [3.05, 3.63) is 15.6 Å². The Hall–Kier alpha value is -0.900. The van der Waals surface area contributed by atoms with Crippen LogP contribution < -0.4 is 0 Å². The summed E-state index contributed by atoms with van der Waals surface area (Å²) in [7, 11) is 0. The van der Waals surface area contributed by atoms with Gasteiger partial charge in [0.25, 0.3) is 0 Å². The van der Waals surface area contributed by atoms with Crippen LogP contribution in [0.1, 0.15) is 48.7 Å². The normalized spacial score (nSPS) is 19.8. The minimum atomic E-state index is -0.730. The van der Waals surface area contributed by atoms with Gasteiger partial charge in [-0.2, -0.15) is 0 Å². The average molecular weight is 239 g/mol. The van der Waals surface area contributed by atoms with Crippen LogP contribution in [-0.2, 0) is 17.6 Å². The van der Waals surface area contributed by atoms with Crippen LogP contribution in [0.5, 0.6) is 0 Å². The molecule has 1 heterocycles. The number of rotatable bonds is 2. The smallest absolute Gasteiger partial charge is 0.312 e. The zero-order valence-corrected chi connectivity index (χ0v) is 10.7. The van der Waals surface area contributed by atoms with Crippen molar-refractivity contribution in [3.8, 4) is 0 Å². The molecule has 4 heteroatoms. The number of aliphatic carboxylic acids is 1. The molecular formula is C12H17NO2S. The van der Waals surface area contributed by atoms with Gasteiger partial charge < -0.3 is 5.11 Å². The first-order valence-electron chi connectivity index (χ1n) is 5.58. The Morgan fingerprint density at radius 2 is 2.25 bits per heavy atom. The van der Waals surface area contributed by atoms with Crippen molar-refractivity contribution < 1.29 is 9.90 Å². The topological polar surface area (TPSA) is 50.2 Å². The number of aryl methyl sites for hydroxylation is 1. The zero-order valence-electron chi connectivity index (χ0n) is 9.91. The van der Waals surface area contributed by atoms with Gasteiger partial charge in [-0.1, -0.05) is 20.8 Å². The van der Waals surface area contributed by atoms with Gasteiger partial charge in [-0.25, -0.2) is 4.98 Å².